The lowest BCUT2D eigenvalue weighted by Crippen LogP contribution is -2.23. The maximum atomic E-state index is 14.3. The molecule has 0 spiro atoms. The number of carbonyl (C=O) groups excluding carboxylic acids is 1. The molecule has 0 saturated carbocycles. The fourth-order valence-corrected chi connectivity index (χ4v) is 2.18. The van der Waals surface area contributed by atoms with Crippen molar-refractivity contribution in [3.8, 4) is 0 Å². The number of aliphatic hydroxyl groups is 1. The van der Waals surface area contributed by atoms with Gasteiger partial charge in [0.05, 0.1) is 13.2 Å². The molecule has 0 fully saturated rings. The molecule has 0 bridgehead atoms. The molecule has 1 heterocycles. The first-order chi connectivity index (χ1) is 11.8. The second-order valence-electron chi connectivity index (χ2n) is 6.07. The molecule has 0 amide bonds. The van der Waals surface area contributed by atoms with Crippen molar-refractivity contribution in [2.24, 2.45) is 0 Å². The van der Waals surface area contributed by atoms with Gasteiger partial charge in [0.1, 0.15) is 17.2 Å². The van der Waals surface area contributed by atoms with Crippen LogP contribution in [-0.2, 0) is 10.2 Å². The number of aliphatic hydroxyl groups excluding tert-OH is 1. The topological polar surface area (TPSA) is 110 Å². The highest BCUT2D eigenvalue weighted by Crippen LogP contribution is 2.28. The molecule has 8 heteroatoms. The number of nitrogens with two attached hydrogens (primary N) is 1. The van der Waals surface area contributed by atoms with Crippen molar-refractivity contribution in [2.45, 2.75) is 26.2 Å². The predicted octanol–water partition coefficient (Wildman–Crippen LogP) is 2.39. The number of halogens is 1. The summed E-state index contributed by atoms with van der Waals surface area (Å²) in [4.78, 5) is 19.6. The Balaban J connectivity index is 2.21. The maximum absolute atomic E-state index is 14.3. The molecule has 0 aliphatic heterocycles. The Kier molecular flexibility index (Phi) is 5.53. The zero-order chi connectivity index (χ0) is 18.6. The molecule has 7 nitrogen and oxygen atoms in total. The van der Waals surface area contributed by atoms with Crippen LogP contribution >= 0.6 is 0 Å². The van der Waals surface area contributed by atoms with Crippen LogP contribution < -0.4 is 11.1 Å². The van der Waals surface area contributed by atoms with Crippen molar-refractivity contribution in [1.29, 1.82) is 0 Å². The third-order valence-electron chi connectivity index (χ3n) is 3.66. The molecule has 2 aromatic rings. The average Bonchev–Trinajstić information content (AvgIpc) is 2.55. The molecule has 4 N–H and O–H groups in total. The van der Waals surface area contributed by atoms with Crippen molar-refractivity contribution in [2.75, 3.05) is 24.3 Å². The van der Waals surface area contributed by atoms with Crippen molar-refractivity contribution in [1.82, 2.24) is 9.97 Å². The highest BCUT2D eigenvalue weighted by Gasteiger charge is 2.23. The van der Waals surface area contributed by atoms with Crippen LogP contribution in [0.5, 0.6) is 0 Å². The molecule has 1 aromatic heterocycles. The van der Waals surface area contributed by atoms with Crippen LogP contribution in [0.2, 0.25) is 0 Å². The van der Waals surface area contributed by atoms with Crippen LogP contribution in [0.4, 0.5) is 21.8 Å². The second kappa shape index (κ2) is 7.43. The van der Waals surface area contributed by atoms with Gasteiger partial charge in [-0.25, -0.2) is 14.2 Å². The van der Waals surface area contributed by atoms with Gasteiger partial charge >= 0.3 is 5.97 Å². The Hall–Kier alpha value is -2.74. The third kappa shape index (κ3) is 4.21. The second-order valence-corrected chi connectivity index (χ2v) is 6.07. The molecular weight excluding hydrogens is 327 g/mol. The van der Waals surface area contributed by atoms with Crippen molar-refractivity contribution in [3.63, 3.8) is 0 Å². The molecular formula is C17H21FN4O3. The van der Waals surface area contributed by atoms with E-state index >= 15 is 0 Å². The summed E-state index contributed by atoms with van der Waals surface area (Å²) in [5.41, 5.74) is 5.94. The number of hydrogen-bond acceptors (Lipinski definition) is 7. The number of esters is 1. The van der Waals surface area contributed by atoms with E-state index in [9.17, 15) is 14.3 Å². The van der Waals surface area contributed by atoms with E-state index < -0.39 is 17.2 Å². The minimum atomic E-state index is -0.690. The summed E-state index contributed by atoms with van der Waals surface area (Å²) in [6, 6.07) is 4.52. The first-order valence-corrected chi connectivity index (χ1v) is 7.76. The summed E-state index contributed by atoms with van der Waals surface area (Å²) >= 11 is 0. The van der Waals surface area contributed by atoms with E-state index in [4.69, 9.17) is 10.5 Å². The molecule has 2 rings (SSSR count). The van der Waals surface area contributed by atoms with Crippen LogP contribution in [0.25, 0.3) is 0 Å². The Bertz CT molecular complexity index is 780. The molecule has 0 unspecified atom stereocenters. The van der Waals surface area contributed by atoms with Crippen molar-refractivity contribution >= 4 is 23.4 Å². The average molecular weight is 348 g/mol. The number of carbonyl (C=O) groups is 1. The van der Waals surface area contributed by atoms with Crippen LogP contribution in [0.3, 0.4) is 0 Å². The summed E-state index contributed by atoms with van der Waals surface area (Å²) in [5, 5.41) is 12.2. The summed E-state index contributed by atoms with van der Waals surface area (Å²) in [5.74, 6) is -0.970. The van der Waals surface area contributed by atoms with Crippen molar-refractivity contribution < 1.29 is 19.0 Å². The summed E-state index contributed by atoms with van der Waals surface area (Å²) in [7, 11) is 0. The van der Waals surface area contributed by atoms with Gasteiger partial charge in [0, 0.05) is 17.3 Å². The number of rotatable bonds is 6. The quantitative estimate of drug-likeness (QED) is 0.687. The minimum absolute atomic E-state index is 0.0329. The third-order valence-corrected chi connectivity index (χ3v) is 3.66. The maximum Gasteiger partial charge on any atom is 0.343 e. The summed E-state index contributed by atoms with van der Waals surface area (Å²) < 4.78 is 19.1. The van der Waals surface area contributed by atoms with E-state index in [1.54, 1.807) is 32.9 Å². The molecule has 1 aromatic carbocycles. The number of benzene rings is 1. The molecule has 134 valence electrons. The van der Waals surface area contributed by atoms with Gasteiger partial charge in [-0.15, -0.1) is 0 Å². The molecule has 0 aliphatic carbocycles. The number of anilines is 3. The SMILES string of the molecule is CCOC(=O)c1cnc(Nc2ccc(C(C)(C)CO)c(F)c2)nc1N. The van der Waals surface area contributed by atoms with E-state index in [0.717, 1.165) is 0 Å². The number of ether oxygens (including phenoxy) is 1. The number of nitrogen functional groups attached to an aromatic ring is 1. The van der Waals surface area contributed by atoms with E-state index in [2.05, 4.69) is 15.3 Å². The first-order valence-electron chi connectivity index (χ1n) is 7.76. The number of nitrogens with one attached hydrogen (secondary N) is 1. The lowest BCUT2D eigenvalue weighted by molar-refractivity contribution is 0.0527. The Labute approximate surface area is 145 Å². The van der Waals surface area contributed by atoms with E-state index in [1.807, 2.05) is 0 Å². The Morgan fingerprint density at radius 3 is 2.72 bits per heavy atom. The van der Waals surface area contributed by atoms with Gasteiger partial charge in [-0.05, 0) is 24.6 Å². The van der Waals surface area contributed by atoms with Gasteiger partial charge in [0.25, 0.3) is 0 Å². The Morgan fingerprint density at radius 1 is 1.44 bits per heavy atom. The van der Waals surface area contributed by atoms with E-state index in [1.165, 1.54) is 12.3 Å². The summed E-state index contributed by atoms with van der Waals surface area (Å²) in [6.07, 6.45) is 1.25. The number of aromatic nitrogens is 2. The zero-order valence-electron chi connectivity index (χ0n) is 14.3. The van der Waals surface area contributed by atoms with Crippen LogP contribution in [0.1, 0.15) is 36.7 Å². The monoisotopic (exact) mass is 348 g/mol. The van der Waals surface area contributed by atoms with Gasteiger partial charge in [0.15, 0.2) is 0 Å². The molecule has 0 atom stereocenters. The molecule has 25 heavy (non-hydrogen) atoms. The Morgan fingerprint density at radius 2 is 2.16 bits per heavy atom. The largest absolute Gasteiger partial charge is 0.462 e. The number of nitrogens with zero attached hydrogens (tertiary/aromatic N) is 2. The highest BCUT2D eigenvalue weighted by molar-refractivity contribution is 5.93. The van der Waals surface area contributed by atoms with Gasteiger partial charge in [-0.3, -0.25) is 0 Å². The van der Waals surface area contributed by atoms with Crippen LogP contribution in [-0.4, -0.2) is 34.3 Å². The predicted molar refractivity (Wildman–Crippen MR) is 92.2 cm³/mol. The fourth-order valence-electron chi connectivity index (χ4n) is 2.18. The van der Waals surface area contributed by atoms with Crippen LogP contribution in [0.15, 0.2) is 24.4 Å². The summed E-state index contributed by atoms with van der Waals surface area (Å²) in [6.45, 7) is 5.22. The standard InChI is InChI=1S/C17H21FN4O3/c1-4-25-15(24)11-8-20-16(22-14(11)19)21-10-5-6-12(13(18)7-10)17(2,3)9-23/h5-8,23H,4,9H2,1-3H3,(H3,19,20,21,22). The minimum Gasteiger partial charge on any atom is -0.462 e. The van der Waals surface area contributed by atoms with Gasteiger partial charge in [-0.2, -0.15) is 4.98 Å². The van der Waals surface area contributed by atoms with Gasteiger partial charge < -0.3 is 20.9 Å². The zero-order valence-corrected chi connectivity index (χ0v) is 14.3. The van der Waals surface area contributed by atoms with Crippen molar-refractivity contribution in [3.05, 3.63) is 41.3 Å². The smallest absolute Gasteiger partial charge is 0.343 e. The molecule has 0 aliphatic rings. The van der Waals surface area contributed by atoms with E-state index in [0.29, 0.717) is 11.3 Å². The van der Waals surface area contributed by atoms with Crippen LogP contribution in [0, 0.1) is 5.82 Å². The highest BCUT2D eigenvalue weighted by atomic mass is 19.1. The van der Waals surface area contributed by atoms with Gasteiger partial charge in [0.2, 0.25) is 5.95 Å². The molecule has 0 saturated heterocycles. The van der Waals surface area contributed by atoms with E-state index in [-0.39, 0.29) is 30.5 Å². The first kappa shape index (κ1) is 18.6. The van der Waals surface area contributed by atoms with Gasteiger partial charge in [-0.1, -0.05) is 19.9 Å². The fraction of sp³-hybridized carbons (Fsp3) is 0.353. The lowest BCUT2D eigenvalue weighted by atomic mass is 9.85. The normalized spacial score (nSPS) is 11.2. The lowest BCUT2D eigenvalue weighted by Gasteiger charge is -2.23. The molecule has 0 radical (unpaired) electrons. The number of hydrogen-bond donors (Lipinski definition) is 3.